The van der Waals surface area contributed by atoms with Gasteiger partial charge in [0.05, 0.1) is 12.3 Å². The van der Waals surface area contributed by atoms with E-state index < -0.39 is 0 Å². The summed E-state index contributed by atoms with van der Waals surface area (Å²) in [5, 5.41) is 0. The Bertz CT molecular complexity index is 50.5. The largest absolute Gasteiger partial charge is 2.00 e. The molecule has 73 valence electrons. The van der Waals surface area contributed by atoms with E-state index in [1.165, 1.54) is 0 Å². The van der Waals surface area contributed by atoms with Crippen LogP contribution < -0.4 is 22.9 Å². The van der Waals surface area contributed by atoms with Crippen LogP contribution in [-0.4, -0.2) is 12.3 Å². The van der Waals surface area contributed by atoms with Crippen molar-refractivity contribution in [3.8, 4) is 0 Å². The molecule has 5 heteroatoms. The number of hydrogen-bond acceptors (Lipinski definition) is 4. The molecule has 0 rings (SSSR count). The van der Waals surface area contributed by atoms with E-state index in [9.17, 15) is 0 Å². The maximum absolute atomic E-state index is 5.07. The van der Waals surface area contributed by atoms with Crippen LogP contribution in [0.4, 0.5) is 0 Å². The van der Waals surface area contributed by atoms with Crippen LogP contribution >= 0.6 is 0 Å². The fraction of sp³-hybridized carbons (Fsp3) is 1.00. The zero-order valence-electron chi connectivity index (χ0n) is 7.18. The molecule has 0 aliphatic carbocycles. The van der Waals surface area contributed by atoms with Crippen molar-refractivity contribution in [1.82, 2.24) is 0 Å². The quantitative estimate of drug-likeness (QED) is 0.358. The molecule has 4 nitrogen and oxygen atoms in total. The fourth-order valence-electron chi connectivity index (χ4n) is 0. The summed E-state index contributed by atoms with van der Waals surface area (Å²) in [5.74, 6) is 0. The topological polar surface area (TPSA) is 104 Å². The molecule has 0 fully saturated rings. The molecule has 0 aromatic carbocycles. The first-order chi connectivity index (χ1) is 4.54. The van der Waals surface area contributed by atoms with Gasteiger partial charge in [-0.3, -0.25) is 0 Å². The standard InChI is InChI=1S/2C3H10N2.Cu/c2*1-2-3(4)5;/h2*3H,2,4-5H2,1H3;/q;;+2. The Morgan fingerprint density at radius 1 is 0.818 bits per heavy atom. The second-order valence-corrected chi connectivity index (χ2v) is 2.14. The number of nitrogens with two attached hydrogens (primary N) is 4. The van der Waals surface area contributed by atoms with Crippen LogP contribution in [0.3, 0.4) is 0 Å². The van der Waals surface area contributed by atoms with E-state index in [1.807, 2.05) is 13.8 Å². The molecule has 0 bridgehead atoms. The van der Waals surface area contributed by atoms with Gasteiger partial charge in [0.2, 0.25) is 0 Å². The van der Waals surface area contributed by atoms with Crippen molar-refractivity contribution in [1.29, 1.82) is 0 Å². The van der Waals surface area contributed by atoms with E-state index in [4.69, 9.17) is 22.9 Å². The smallest absolute Gasteiger partial charge is 0.316 e. The summed E-state index contributed by atoms with van der Waals surface area (Å²) in [6, 6.07) is 0. The molecule has 1 radical (unpaired) electrons. The molecule has 0 saturated carbocycles. The Morgan fingerprint density at radius 3 is 0.909 bits per heavy atom. The average Bonchev–Trinajstić information content (AvgIpc) is 1.89. The molecule has 0 amide bonds. The van der Waals surface area contributed by atoms with Crippen LogP contribution in [0.2, 0.25) is 0 Å². The zero-order chi connectivity index (χ0) is 8.57. The Hall–Kier alpha value is 0.359. The van der Waals surface area contributed by atoms with E-state index >= 15 is 0 Å². The predicted molar refractivity (Wildman–Crippen MR) is 44.9 cm³/mol. The van der Waals surface area contributed by atoms with Gasteiger partial charge in [-0.25, -0.2) is 0 Å². The van der Waals surface area contributed by atoms with Gasteiger partial charge < -0.3 is 22.9 Å². The van der Waals surface area contributed by atoms with Crippen molar-refractivity contribution in [3.05, 3.63) is 0 Å². The molecular weight excluding hydrogens is 192 g/mol. The van der Waals surface area contributed by atoms with Gasteiger partial charge >= 0.3 is 17.1 Å². The molecule has 0 spiro atoms. The van der Waals surface area contributed by atoms with Gasteiger partial charge in [0.25, 0.3) is 0 Å². The Kier molecular flexibility index (Phi) is 20.6. The second-order valence-electron chi connectivity index (χ2n) is 2.14. The molecule has 0 aromatic rings. The third-order valence-electron chi connectivity index (χ3n) is 0.943. The summed E-state index contributed by atoms with van der Waals surface area (Å²) in [5.41, 5.74) is 20.3. The summed E-state index contributed by atoms with van der Waals surface area (Å²) < 4.78 is 0. The second kappa shape index (κ2) is 13.0. The summed E-state index contributed by atoms with van der Waals surface area (Å²) in [4.78, 5) is 0. The molecule has 0 aromatic heterocycles. The van der Waals surface area contributed by atoms with E-state index in [0.717, 1.165) is 12.8 Å². The van der Waals surface area contributed by atoms with E-state index in [2.05, 4.69) is 0 Å². The van der Waals surface area contributed by atoms with Crippen molar-refractivity contribution in [2.24, 2.45) is 22.9 Å². The monoisotopic (exact) mass is 211 g/mol. The summed E-state index contributed by atoms with van der Waals surface area (Å²) >= 11 is 0. The minimum absolute atomic E-state index is 0. The molecule has 0 atom stereocenters. The number of rotatable bonds is 2. The van der Waals surface area contributed by atoms with Crippen molar-refractivity contribution in [2.75, 3.05) is 0 Å². The Morgan fingerprint density at radius 2 is 0.909 bits per heavy atom. The number of hydrogen-bond donors (Lipinski definition) is 4. The third-order valence-corrected chi connectivity index (χ3v) is 0.943. The van der Waals surface area contributed by atoms with Gasteiger partial charge in [-0.15, -0.1) is 0 Å². The maximum atomic E-state index is 5.07. The first kappa shape index (κ1) is 17.4. The van der Waals surface area contributed by atoms with Crippen molar-refractivity contribution in [3.63, 3.8) is 0 Å². The molecule has 0 saturated heterocycles. The first-order valence-electron chi connectivity index (χ1n) is 3.56. The SMILES string of the molecule is CCC(N)N.CCC(N)N.[Cu+2]. The minimum atomic E-state index is -0.116. The van der Waals surface area contributed by atoms with E-state index in [-0.39, 0.29) is 29.4 Å². The van der Waals surface area contributed by atoms with Gasteiger partial charge in [0.15, 0.2) is 0 Å². The van der Waals surface area contributed by atoms with E-state index in [1.54, 1.807) is 0 Å². The minimum Gasteiger partial charge on any atom is -0.316 e. The van der Waals surface area contributed by atoms with Gasteiger partial charge in [-0.1, -0.05) is 13.8 Å². The molecule has 8 N–H and O–H groups in total. The van der Waals surface area contributed by atoms with Crippen LogP contribution in [0.25, 0.3) is 0 Å². The molecular formula is C6H20CuN4+2. The molecule has 0 heterocycles. The third kappa shape index (κ3) is 38.1. The molecule has 0 aliphatic rings. The molecule has 11 heavy (non-hydrogen) atoms. The average molecular weight is 212 g/mol. The van der Waals surface area contributed by atoms with Crippen LogP contribution in [-0.2, 0) is 17.1 Å². The van der Waals surface area contributed by atoms with Crippen molar-refractivity contribution < 1.29 is 17.1 Å². The maximum Gasteiger partial charge on any atom is 2.00 e. The van der Waals surface area contributed by atoms with Crippen molar-refractivity contribution >= 4 is 0 Å². The zero-order valence-corrected chi connectivity index (χ0v) is 8.12. The fourth-order valence-corrected chi connectivity index (χ4v) is 0. The van der Waals surface area contributed by atoms with Gasteiger partial charge in [0.1, 0.15) is 0 Å². The van der Waals surface area contributed by atoms with Crippen molar-refractivity contribution in [2.45, 2.75) is 39.0 Å². The van der Waals surface area contributed by atoms with Gasteiger partial charge in [-0.2, -0.15) is 0 Å². The summed E-state index contributed by atoms with van der Waals surface area (Å²) in [6.45, 7) is 3.90. The van der Waals surface area contributed by atoms with Gasteiger partial charge in [0, 0.05) is 0 Å². The Labute approximate surface area is 79.5 Å². The van der Waals surface area contributed by atoms with Crippen LogP contribution in [0.5, 0.6) is 0 Å². The summed E-state index contributed by atoms with van der Waals surface area (Å²) in [6.07, 6.45) is 1.49. The van der Waals surface area contributed by atoms with Crippen LogP contribution in [0.1, 0.15) is 26.7 Å². The van der Waals surface area contributed by atoms with E-state index in [0.29, 0.717) is 0 Å². The molecule has 0 unspecified atom stereocenters. The van der Waals surface area contributed by atoms with Crippen LogP contribution in [0.15, 0.2) is 0 Å². The normalized spacial score (nSPS) is 8.73. The predicted octanol–water partition coefficient (Wildman–Crippen LogP) is -0.723. The Balaban J connectivity index is -0.000000107. The first-order valence-corrected chi connectivity index (χ1v) is 3.56. The van der Waals surface area contributed by atoms with Gasteiger partial charge in [-0.05, 0) is 12.8 Å². The van der Waals surface area contributed by atoms with Crippen LogP contribution in [0, 0.1) is 0 Å². The molecule has 0 aliphatic heterocycles. The summed E-state index contributed by atoms with van der Waals surface area (Å²) in [7, 11) is 0.